The van der Waals surface area contributed by atoms with E-state index in [1.165, 1.54) is 0 Å². The molecule has 1 unspecified atom stereocenters. The minimum atomic E-state index is -0.589. The van der Waals surface area contributed by atoms with Gasteiger partial charge in [0.1, 0.15) is 17.9 Å². The number of likely N-dealkylation sites (tertiary alicyclic amines) is 1. The summed E-state index contributed by atoms with van der Waals surface area (Å²) in [5.74, 6) is -0.0597. The maximum absolute atomic E-state index is 12.8. The highest BCUT2D eigenvalue weighted by Gasteiger charge is 2.39. The van der Waals surface area contributed by atoms with Gasteiger partial charge >= 0.3 is 0 Å². The summed E-state index contributed by atoms with van der Waals surface area (Å²) in [4.78, 5) is 40.4. The van der Waals surface area contributed by atoms with Gasteiger partial charge < -0.3 is 14.4 Å². The molecular weight excluding hydrogens is 374 g/mol. The van der Waals surface area contributed by atoms with Crippen LogP contribution in [0.5, 0.6) is 5.75 Å². The van der Waals surface area contributed by atoms with E-state index in [2.05, 4.69) is 10.2 Å². The molecule has 154 valence electrons. The smallest absolute Gasteiger partial charge is 0.255 e. The molecule has 29 heavy (non-hydrogen) atoms. The maximum Gasteiger partial charge on any atom is 0.255 e. The number of carbonyl (C=O) groups excluding carboxylic acids is 3. The molecule has 8 heteroatoms. The Morgan fingerprint density at radius 1 is 1.14 bits per heavy atom. The molecule has 4 aliphatic heterocycles. The van der Waals surface area contributed by atoms with Crippen molar-refractivity contribution in [3.63, 3.8) is 0 Å². The third kappa shape index (κ3) is 3.51. The molecule has 1 N–H and O–H groups in total. The molecule has 0 aliphatic carbocycles. The van der Waals surface area contributed by atoms with Crippen molar-refractivity contribution in [1.29, 1.82) is 0 Å². The van der Waals surface area contributed by atoms with Crippen LogP contribution in [0, 0.1) is 0 Å². The highest BCUT2D eigenvalue weighted by molar-refractivity contribution is 6.05. The number of hydrogen-bond donors (Lipinski definition) is 1. The second-order valence-corrected chi connectivity index (χ2v) is 8.29. The third-order valence-electron chi connectivity index (χ3n) is 6.34. The topological polar surface area (TPSA) is 88.2 Å². The van der Waals surface area contributed by atoms with E-state index in [-0.39, 0.29) is 30.2 Å². The molecule has 8 nitrogen and oxygen atoms in total. The van der Waals surface area contributed by atoms with Crippen LogP contribution in [0.4, 0.5) is 0 Å². The number of carbonyl (C=O) groups is 3. The average molecular weight is 399 g/mol. The SMILES string of the molecule is O=C1CCC(N2Cc3cc(O[C@@H]4CCCN(C5COC5)C4)ccc3C2=O)C(=O)N1. The molecule has 0 aromatic heterocycles. The molecule has 1 aromatic carbocycles. The van der Waals surface area contributed by atoms with Crippen LogP contribution in [0.3, 0.4) is 0 Å². The van der Waals surface area contributed by atoms with Crippen LogP contribution in [-0.4, -0.2) is 72.0 Å². The van der Waals surface area contributed by atoms with Gasteiger partial charge in [0.15, 0.2) is 0 Å². The monoisotopic (exact) mass is 399 g/mol. The van der Waals surface area contributed by atoms with Crippen molar-refractivity contribution in [3.05, 3.63) is 29.3 Å². The van der Waals surface area contributed by atoms with Crippen molar-refractivity contribution in [2.24, 2.45) is 0 Å². The Labute approximate surface area is 169 Å². The molecule has 4 heterocycles. The fourth-order valence-corrected chi connectivity index (χ4v) is 4.64. The number of benzene rings is 1. The number of nitrogens with one attached hydrogen (secondary N) is 1. The predicted octanol–water partition coefficient (Wildman–Crippen LogP) is 0.690. The lowest BCUT2D eigenvalue weighted by Gasteiger charge is -2.41. The minimum Gasteiger partial charge on any atom is -0.489 e. The van der Waals surface area contributed by atoms with E-state index in [9.17, 15) is 14.4 Å². The summed E-state index contributed by atoms with van der Waals surface area (Å²) in [5, 5.41) is 2.33. The van der Waals surface area contributed by atoms with E-state index < -0.39 is 6.04 Å². The summed E-state index contributed by atoms with van der Waals surface area (Å²) in [6.45, 7) is 3.97. The molecule has 4 aliphatic rings. The number of amides is 3. The van der Waals surface area contributed by atoms with Crippen LogP contribution >= 0.6 is 0 Å². The van der Waals surface area contributed by atoms with Gasteiger partial charge in [-0.1, -0.05) is 0 Å². The molecule has 0 spiro atoms. The van der Waals surface area contributed by atoms with Gasteiger partial charge in [-0.25, -0.2) is 0 Å². The van der Waals surface area contributed by atoms with E-state index in [0.29, 0.717) is 24.6 Å². The number of hydrogen-bond acceptors (Lipinski definition) is 6. The Morgan fingerprint density at radius 3 is 2.76 bits per heavy atom. The Balaban J connectivity index is 1.26. The zero-order valence-corrected chi connectivity index (χ0v) is 16.3. The van der Waals surface area contributed by atoms with E-state index in [1.807, 2.05) is 12.1 Å². The lowest BCUT2D eigenvalue weighted by molar-refractivity contribution is -0.136. The summed E-state index contributed by atoms with van der Waals surface area (Å²) in [7, 11) is 0. The van der Waals surface area contributed by atoms with E-state index in [4.69, 9.17) is 9.47 Å². The van der Waals surface area contributed by atoms with Gasteiger partial charge in [0.05, 0.1) is 19.3 Å². The van der Waals surface area contributed by atoms with Gasteiger partial charge in [0, 0.05) is 25.1 Å². The molecule has 3 saturated heterocycles. The van der Waals surface area contributed by atoms with Crippen LogP contribution in [-0.2, 0) is 20.9 Å². The molecular formula is C21H25N3O5. The first-order valence-electron chi connectivity index (χ1n) is 10.3. The summed E-state index contributed by atoms with van der Waals surface area (Å²) < 4.78 is 11.6. The molecule has 3 amide bonds. The first-order valence-corrected chi connectivity index (χ1v) is 10.3. The molecule has 0 saturated carbocycles. The van der Waals surface area contributed by atoms with E-state index in [1.54, 1.807) is 11.0 Å². The number of imide groups is 1. The van der Waals surface area contributed by atoms with Crippen LogP contribution < -0.4 is 10.1 Å². The molecule has 3 fully saturated rings. The van der Waals surface area contributed by atoms with Crippen molar-refractivity contribution in [1.82, 2.24) is 15.1 Å². The van der Waals surface area contributed by atoms with Crippen LogP contribution in [0.1, 0.15) is 41.6 Å². The van der Waals surface area contributed by atoms with Crippen molar-refractivity contribution < 1.29 is 23.9 Å². The van der Waals surface area contributed by atoms with Crippen molar-refractivity contribution in [3.8, 4) is 5.75 Å². The first kappa shape index (κ1) is 18.6. The minimum absolute atomic E-state index is 0.130. The lowest BCUT2D eigenvalue weighted by Crippen LogP contribution is -2.54. The largest absolute Gasteiger partial charge is 0.489 e. The van der Waals surface area contributed by atoms with Gasteiger partial charge in [-0.3, -0.25) is 24.6 Å². The van der Waals surface area contributed by atoms with E-state index in [0.717, 1.165) is 50.5 Å². The average Bonchev–Trinajstić information content (AvgIpc) is 2.97. The van der Waals surface area contributed by atoms with Crippen molar-refractivity contribution >= 4 is 17.7 Å². The van der Waals surface area contributed by atoms with Crippen LogP contribution in [0.25, 0.3) is 0 Å². The first-order chi connectivity index (χ1) is 14.1. The second kappa shape index (κ2) is 7.42. The van der Waals surface area contributed by atoms with Crippen molar-refractivity contribution in [2.45, 2.75) is 50.4 Å². The Hall–Kier alpha value is -2.45. The summed E-state index contributed by atoms with van der Waals surface area (Å²) in [5.41, 5.74) is 1.48. The highest BCUT2D eigenvalue weighted by atomic mass is 16.5. The predicted molar refractivity (Wildman–Crippen MR) is 102 cm³/mol. The number of ether oxygens (including phenoxy) is 2. The number of piperidine rings is 2. The lowest BCUT2D eigenvalue weighted by atomic mass is 10.0. The summed E-state index contributed by atoms with van der Waals surface area (Å²) in [6, 6.07) is 5.48. The molecule has 2 atom stereocenters. The maximum atomic E-state index is 12.8. The number of fused-ring (bicyclic) bond motifs is 1. The zero-order valence-electron chi connectivity index (χ0n) is 16.3. The molecule has 0 bridgehead atoms. The third-order valence-corrected chi connectivity index (χ3v) is 6.34. The zero-order chi connectivity index (χ0) is 20.0. The van der Waals surface area contributed by atoms with Gasteiger partial charge in [-0.15, -0.1) is 0 Å². The van der Waals surface area contributed by atoms with Gasteiger partial charge in [0.2, 0.25) is 11.8 Å². The highest BCUT2D eigenvalue weighted by Crippen LogP contribution is 2.31. The molecule has 5 rings (SSSR count). The van der Waals surface area contributed by atoms with Crippen molar-refractivity contribution in [2.75, 3.05) is 26.3 Å². The Bertz CT molecular complexity index is 853. The Kier molecular flexibility index (Phi) is 4.75. The second-order valence-electron chi connectivity index (χ2n) is 8.29. The van der Waals surface area contributed by atoms with E-state index >= 15 is 0 Å². The standard InChI is InChI=1S/C21H25N3O5/c25-19-6-5-18(20(26)22-19)24-9-13-8-15(3-4-17(13)21(24)27)29-16-2-1-7-23(10-16)14-11-28-12-14/h3-4,8,14,16,18H,1-2,5-7,9-12H2,(H,22,25,26)/t16-,18?/m1/s1. The summed E-state index contributed by atoms with van der Waals surface area (Å²) in [6.07, 6.45) is 2.88. The number of nitrogens with zero attached hydrogens (tertiary/aromatic N) is 2. The molecule has 0 radical (unpaired) electrons. The van der Waals surface area contributed by atoms with Crippen LogP contribution in [0.15, 0.2) is 18.2 Å². The fraction of sp³-hybridized carbons (Fsp3) is 0.571. The van der Waals surface area contributed by atoms with Gasteiger partial charge in [-0.05, 0) is 49.6 Å². The fourth-order valence-electron chi connectivity index (χ4n) is 4.64. The Morgan fingerprint density at radius 2 is 2.00 bits per heavy atom. The normalized spacial score (nSPS) is 28.1. The van der Waals surface area contributed by atoms with Gasteiger partial charge in [-0.2, -0.15) is 0 Å². The summed E-state index contributed by atoms with van der Waals surface area (Å²) >= 11 is 0. The quantitative estimate of drug-likeness (QED) is 0.750. The molecule has 1 aromatic rings. The number of rotatable bonds is 4. The van der Waals surface area contributed by atoms with Gasteiger partial charge in [0.25, 0.3) is 5.91 Å². The van der Waals surface area contributed by atoms with Crippen LogP contribution in [0.2, 0.25) is 0 Å².